The van der Waals surface area contributed by atoms with E-state index in [0.29, 0.717) is 18.1 Å². The first kappa shape index (κ1) is 60.9. The van der Waals surface area contributed by atoms with Gasteiger partial charge in [-0.05, 0) is 12.3 Å². The molecular weight excluding hydrogens is 987 g/mol. The van der Waals surface area contributed by atoms with Crippen molar-refractivity contribution in [1.29, 1.82) is 0 Å². The van der Waals surface area contributed by atoms with E-state index in [1.54, 1.807) is 0 Å². The molecule has 0 aromatic carbocycles. The Bertz CT molecular complexity index is 2050. The fourth-order valence-corrected chi connectivity index (χ4v) is 11.0. The summed E-state index contributed by atoms with van der Waals surface area (Å²) in [5.74, 6) is -0.321. The Balaban J connectivity index is 1.29. The smallest absolute Gasteiger partial charge is 0.386 e. The number of phosphoric ester groups is 3. The number of aromatic nitrogens is 4. The number of thioether (sulfide) groups is 1. The van der Waals surface area contributed by atoms with Crippen LogP contribution in [0.25, 0.3) is 11.2 Å². The zero-order valence-electron chi connectivity index (χ0n) is 40.0. The van der Waals surface area contributed by atoms with Crippen LogP contribution in [0.4, 0.5) is 5.82 Å². The summed E-state index contributed by atoms with van der Waals surface area (Å²) >= 11 is 1.16. The number of carbonyl (C=O) groups is 3. The Hall–Kier alpha value is -2.44. The predicted octanol–water partition coefficient (Wildman–Crippen LogP) is 5.56. The third kappa shape index (κ3) is 22.9. The van der Waals surface area contributed by atoms with Crippen LogP contribution in [0, 0.1) is 11.3 Å². The minimum atomic E-state index is -5.58. The number of rotatable bonds is 36. The number of aliphatic hydroxyl groups excluding tert-OH is 2. The molecule has 0 bridgehead atoms. The maximum absolute atomic E-state index is 12.8. The molecule has 2 amide bonds. The van der Waals surface area contributed by atoms with E-state index in [0.717, 1.165) is 48.2 Å². The standard InChI is InChI=1S/C41H74N7O17P3S/c1-5-6-7-8-9-10-11-12-13-15-18-29(2)19-16-14-17-20-32(50)69-24-23-43-31(49)21-22-44-39(53)36(52)41(3,4)26-62-68(59,60)65-67(57,58)61-25-30-35(64-66(54,55)56)34(51)40(63-30)48-28-47-33-37(42)45-27-46-38(33)48/h27-30,34-36,40,51-52H,5-26H2,1-4H3,(H,43,49)(H,44,53)(H,57,58)(H,59,60)(H2,42,45,46)(H2,54,55,56). The largest absolute Gasteiger partial charge is 0.481 e. The lowest BCUT2D eigenvalue weighted by Crippen LogP contribution is -2.46. The van der Waals surface area contributed by atoms with Gasteiger partial charge in [-0.3, -0.25) is 32.5 Å². The second kappa shape index (κ2) is 29.9. The van der Waals surface area contributed by atoms with Crippen molar-refractivity contribution in [3.8, 4) is 0 Å². The number of aliphatic hydroxyl groups is 2. The molecule has 3 rings (SSSR count). The molecule has 1 aliphatic heterocycles. The van der Waals surface area contributed by atoms with Crippen molar-refractivity contribution in [1.82, 2.24) is 30.2 Å². The van der Waals surface area contributed by atoms with E-state index in [4.69, 9.17) is 19.5 Å². The topological polar surface area (TPSA) is 364 Å². The van der Waals surface area contributed by atoms with Crippen LogP contribution in [-0.4, -0.2) is 123 Å². The fraction of sp³-hybridized carbons (Fsp3) is 0.805. The minimum absolute atomic E-state index is 0.0340. The molecule has 10 N–H and O–H groups in total. The first-order chi connectivity index (χ1) is 32.4. The summed E-state index contributed by atoms with van der Waals surface area (Å²) in [6.07, 6.45) is 12.4. The zero-order chi connectivity index (χ0) is 51.3. The first-order valence-electron chi connectivity index (χ1n) is 23.5. The van der Waals surface area contributed by atoms with Crippen LogP contribution in [0.1, 0.15) is 143 Å². The molecule has 396 valence electrons. The molecule has 24 nitrogen and oxygen atoms in total. The Morgan fingerprint density at radius 3 is 2.12 bits per heavy atom. The van der Waals surface area contributed by atoms with Crippen molar-refractivity contribution in [3.63, 3.8) is 0 Å². The van der Waals surface area contributed by atoms with E-state index >= 15 is 0 Å². The van der Waals surface area contributed by atoms with Crippen LogP contribution in [-0.2, 0) is 50.7 Å². The molecule has 8 unspecified atom stereocenters. The normalized spacial score (nSPS) is 20.3. The van der Waals surface area contributed by atoms with Crippen molar-refractivity contribution in [3.05, 3.63) is 12.7 Å². The SMILES string of the molecule is CCCCCCCCCCCCC(C)CCCCCC(=O)SCCNC(=O)CCNC(=O)C(O)C(C)(C)COP(=O)(O)OP(=O)(O)OCC1OC(n2cnc3c(N)ncnc32)C(O)C1OP(=O)(O)O. The number of fused-ring (bicyclic) bond motifs is 1. The summed E-state index contributed by atoms with van der Waals surface area (Å²) in [4.78, 5) is 88.5. The molecule has 2 aromatic heterocycles. The highest BCUT2D eigenvalue weighted by atomic mass is 32.2. The van der Waals surface area contributed by atoms with Crippen LogP contribution < -0.4 is 16.4 Å². The number of imidazole rings is 1. The van der Waals surface area contributed by atoms with E-state index in [9.17, 15) is 57.9 Å². The molecule has 3 heterocycles. The monoisotopic (exact) mass is 1060 g/mol. The molecule has 1 aliphatic rings. The van der Waals surface area contributed by atoms with Crippen LogP contribution in [0.15, 0.2) is 12.7 Å². The first-order valence-corrected chi connectivity index (χ1v) is 29.0. The number of nitrogens with two attached hydrogens (primary N) is 1. The summed E-state index contributed by atoms with van der Waals surface area (Å²) in [5, 5.41) is 26.7. The summed E-state index contributed by atoms with van der Waals surface area (Å²) < 4.78 is 62.5. The van der Waals surface area contributed by atoms with E-state index in [1.165, 1.54) is 90.9 Å². The van der Waals surface area contributed by atoms with Gasteiger partial charge in [-0.1, -0.05) is 129 Å². The van der Waals surface area contributed by atoms with Gasteiger partial charge in [0, 0.05) is 37.1 Å². The number of nitrogens with one attached hydrogen (secondary N) is 2. The quantitative estimate of drug-likeness (QED) is 0.0298. The van der Waals surface area contributed by atoms with Gasteiger partial charge < -0.3 is 50.9 Å². The molecule has 1 saturated heterocycles. The van der Waals surface area contributed by atoms with Crippen LogP contribution in [0.3, 0.4) is 0 Å². The summed E-state index contributed by atoms with van der Waals surface area (Å²) in [6, 6.07) is 0. The number of nitrogens with zero attached hydrogens (tertiary/aromatic N) is 4. The van der Waals surface area contributed by atoms with Gasteiger partial charge in [0.2, 0.25) is 11.8 Å². The molecule has 28 heteroatoms. The zero-order valence-corrected chi connectivity index (χ0v) is 43.5. The van der Waals surface area contributed by atoms with Crippen molar-refractivity contribution in [2.75, 3.05) is 37.8 Å². The number of hydrogen-bond acceptors (Lipinski definition) is 18. The fourth-order valence-electron chi connectivity index (χ4n) is 7.43. The van der Waals surface area contributed by atoms with Crippen LogP contribution >= 0.6 is 35.2 Å². The number of unbranched alkanes of at least 4 members (excludes halogenated alkanes) is 11. The second-order valence-electron chi connectivity index (χ2n) is 18.0. The lowest BCUT2D eigenvalue weighted by atomic mass is 9.87. The highest BCUT2D eigenvalue weighted by Gasteiger charge is 2.50. The van der Waals surface area contributed by atoms with Gasteiger partial charge in [0.25, 0.3) is 0 Å². The van der Waals surface area contributed by atoms with Crippen molar-refractivity contribution in [2.24, 2.45) is 11.3 Å². The summed E-state index contributed by atoms with van der Waals surface area (Å²) in [5.41, 5.74) is 4.29. The molecule has 1 fully saturated rings. The average Bonchev–Trinajstić information content (AvgIpc) is 3.83. The van der Waals surface area contributed by atoms with E-state index in [2.05, 4.69) is 48.3 Å². The Kier molecular flexibility index (Phi) is 26.4. The number of anilines is 1. The van der Waals surface area contributed by atoms with Gasteiger partial charge in [0.1, 0.15) is 36.3 Å². The Labute approximate surface area is 407 Å². The van der Waals surface area contributed by atoms with Gasteiger partial charge in [0.15, 0.2) is 22.8 Å². The van der Waals surface area contributed by atoms with Gasteiger partial charge in [-0.25, -0.2) is 28.6 Å². The number of carbonyl (C=O) groups excluding carboxylic acids is 3. The number of nitrogen functional groups attached to an aromatic ring is 1. The molecule has 0 spiro atoms. The van der Waals surface area contributed by atoms with Crippen LogP contribution in [0.2, 0.25) is 0 Å². The molecule has 2 aromatic rings. The average molecular weight is 1060 g/mol. The molecular formula is C41H74N7O17P3S. The lowest BCUT2D eigenvalue weighted by molar-refractivity contribution is -0.137. The van der Waals surface area contributed by atoms with E-state index in [-0.39, 0.29) is 41.6 Å². The molecule has 0 radical (unpaired) electrons. The number of ether oxygens (including phenoxy) is 1. The third-order valence-corrected chi connectivity index (χ3v) is 15.4. The highest BCUT2D eigenvalue weighted by Crippen LogP contribution is 2.61. The summed E-state index contributed by atoms with van der Waals surface area (Å²) in [6.45, 7) is 5.14. The second-order valence-corrected chi connectivity index (χ2v) is 23.4. The van der Waals surface area contributed by atoms with Crippen LogP contribution in [0.5, 0.6) is 0 Å². The number of amides is 2. The lowest BCUT2D eigenvalue weighted by Gasteiger charge is -2.30. The Morgan fingerprint density at radius 1 is 0.870 bits per heavy atom. The van der Waals surface area contributed by atoms with Crippen molar-refractivity contribution in [2.45, 2.75) is 167 Å². The van der Waals surface area contributed by atoms with Gasteiger partial charge in [-0.15, -0.1) is 0 Å². The van der Waals surface area contributed by atoms with Crippen molar-refractivity contribution >= 4 is 69.1 Å². The molecule has 0 saturated carbocycles. The van der Waals surface area contributed by atoms with Gasteiger partial charge >= 0.3 is 23.5 Å². The predicted molar refractivity (Wildman–Crippen MR) is 256 cm³/mol. The van der Waals surface area contributed by atoms with Gasteiger partial charge in [-0.2, -0.15) is 4.31 Å². The highest BCUT2D eigenvalue weighted by molar-refractivity contribution is 8.13. The molecule has 69 heavy (non-hydrogen) atoms. The summed E-state index contributed by atoms with van der Waals surface area (Å²) in [7, 11) is -16.4. The maximum atomic E-state index is 12.8. The molecule has 0 aliphatic carbocycles. The van der Waals surface area contributed by atoms with Crippen molar-refractivity contribution < 1.29 is 80.5 Å². The minimum Gasteiger partial charge on any atom is -0.386 e. The number of hydrogen-bond donors (Lipinski definition) is 9. The Morgan fingerprint density at radius 2 is 1.48 bits per heavy atom. The number of phosphoric acid groups is 3. The van der Waals surface area contributed by atoms with Gasteiger partial charge in [0.05, 0.1) is 19.5 Å². The van der Waals surface area contributed by atoms with E-state index in [1.807, 2.05) is 0 Å². The third-order valence-electron chi connectivity index (χ3n) is 11.4. The van der Waals surface area contributed by atoms with E-state index < -0.39 is 84.6 Å². The molecule has 8 atom stereocenters. The maximum Gasteiger partial charge on any atom is 0.481 e.